The van der Waals surface area contributed by atoms with Crippen LogP contribution in [-0.2, 0) is 14.3 Å². The van der Waals surface area contributed by atoms with Crippen LogP contribution in [0, 0.1) is 0 Å². The summed E-state index contributed by atoms with van der Waals surface area (Å²) in [5, 5.41) is 9.56. The van der Waals surface area contributed by atoms with E-state index in [4.69, 9.17) is 9.47 Å². The lowest BCUT2D eigenvalue weighted by molar-refractivity contribution is -0.154. The first-order valence-corrected chi connectivity index (χ1v) is 18.9. The van der Waals surface area contributed by atoms with Gasteiger partial charge in [-0.15, -0.1) is 0 Å². The van der Waals surface area contributed by atoms with Gasteiger partial charge in [0.05, 0.1) is 13.2 Å². The summed E-state index contributed by atoms with van der Waals surface area (Å²) in [5.41, 5.74) is 0. The molecule has 0 fully saturated rings. The van der Waals surface area contributed by atoms with Crippen LogP contribution < -0.4 is 0 Å². The number of carbonyl (C=O) groups excluding carboxylic acids is 1. The third-order valence-corrected chi connectivity index (χ3v) is 7.86. The number of ether oxygens (including phenoxy) is 2. The van der Waals surface area contributed by atoms with Crippen molar-refractivity contribution in [3.8, 4) is 0 Å². The number of aliphatic hydroxyl groups excluding tert-OH is 1. The first kappa shape index (κ1) is 43.1. The Labute approximate surface area is 279 Å². The lowest BCUT2D eigenvalue weighted by atomic mass is 10.0. The molecule has 0 spiro atoms. The summed E-state index contributed by atoms with van der Waals surface area (Å²) in [6.45, 7) is 5.13. The molecule has 1 atom stereocenters. The Morgan fingerprint density at radius 1 is 0.556 bits per heavy atom. The molecule has 0 aromatic carbocycles. The molecular formula is C41H72O4. The van der Waals surface area contributed by atoms with Gasteiger partial charge in [-0.1, -0.05) is 164 Å². The van der Waals surface area contributed by atoms with Crippen molar-refractivity contribution in [1.82, 2.24) is 0 Å². The zero-order valence-corrected chi connectivity index (χ0v) is 29.6. The zero-order chi connectivity index (χ0) is 32.7. The van der Waals surface area contributed by atoms with Gasteiger partial charge in [0.25, 0.3) is 0 Å². The van der Waals surface area contributed by atoms with Gasteiger partial charge in [-0.05, 0) is 57.8 Å². The fourth-order valence-electron chi connectivity index (χ4n) is 5.06. The van der Waals surface area contributed by atoms with E-state index in [-0.39, 0.29) is 19.2 Å². The Kier molecular flexibility index (Phi) is 36.6. The maximum atomic E-state index is 12.1. The van der Waals surface area contributed by atoms with Crippen LogP contribution in [0.2, 0.25) is 0 Å². The van der Waals surface area contributed by atoms with Crippen LogP contribution in [0.3, 0.4) is 0 Å². The molecule has 0 radical (unpaired) electrons. The highest BCUT2D eigenvalue weighted by Crippen LogP contribution is 2.14. The maximum absolute atomic E-state index is 12.1. The molecule has 0 saturated heterocycles. The van der Waals surface area contributed by atoms with Crippen LogP contribution in [0.1, 0.15) is 168 Å². The van der Waals surface area contributed by atoms with Crippen molar-refractivity contribution < 1.29 is 19.4 Å². The van der Waals surface area contributed by atoms with E-state index in [1.54, 1.807) is 0 Å². The van der Waals surface area contributed by atoms with Gasteiger partial charge in [0.15, 0.2) is 0 Å². The normalized spacial score (nSPS) is 13.0. The second kappa shape index (κ2) is 38.3. The lowest BCUT2D eigenvalue weighted by Crippen LogP contribution is -2.27. The SMILES string of the molecule is CC/C=C\C/C=C\C/C=C\C/C=C\C/C=C\CCCCOCC(CO)OC(=O)CCCCCCCCCCCCCCCCC. The standard InChI is InChI=1S/C41H72O4/c1-3-5-7-9-11-13-15-17-19-20-21-23-25-27-29-31-33-35-37-44-39-40(38-42)45-41(43)36-34-32-30-28-26-24-22-18-16-14-12-10-8-6-4-2/h5,7,11,13,17,19,21,23,27,29,40,42H,3-4,6,8-10,12,14-16,18,20,22,24-26,28,30-39H2,1-2H3/b7-5-,13-11-,19-17-,23-21-,29-27-. The Balaban J connectivity index is 3.54. The summed E-state index contributed by atoms with van der Waals surface area (Å²) in [6, 6.07) is 0. The van der Waals surface area contributed by atoms with Crippen LogP contribution in [0.25, 0.3) is 0 Å². The van der Waals surface area contributed by atoms with Crippen molar-refractivity contribution in [1.29, 1.82) is 0 Å². The van der Waals surface area contributed by atoms with Crippen molar-refractivity contribution in [3.63, 3.8) is 0 Å². The molecule has 0 aliphatic heterocycles. The topological polar surface area (TPSA) is 55.8 Å². The summed E-state index contributed by atoms with van der Waals surface area (Å²) in [6.07, 6.45) is 49.8. The average Bonchev–Trinajstić information content (AvgIpc) is 3.05. The molecule has 1 unspecified atom stereocenters. The Bertz CT molecular complexity index is 749. The number of hydrogen-bond acceptors (Lipinski definition) is 4. The summed E-state index contributed by atoms with van der Waals surface area (Å²) in [4.78, 5) is 12.1. The molecule has 1 N–H and O–H groups in total. The van der Waals surface area contributed by atoms with E-state index in [0.717, 1.165) is 64.2 Å². The van der Waals surface area contributed by atoms with Crippen molar-refractivity contribution >= 4 is 5.97 Å². The van der Waals surface area contributed by atoms with Crippen molar-refractivity contribution in [3.05, 3.63) is 60.8 Å². The largest absolute Gasteiger partial charge is 0.457 e. The molecule has 0 aromatic heterocycles. The monoisotopic (exact) mass is 629 g/mol. The average molecular weight is 629 g/mol. The number of allylic oxidation sites excluding steroid dienone is 10. The number of unbranched alkanes of at least 4 members (excludes halogenated alkanes) is 16. The highest BCUT2D eigenvalue weighted by atomic mass is 16.6. The molecule has 4 nitrogen and oxygen atoms in total. The molecule has 0 aromatic rings. The second-order valence-corrected chi connectivity index (χ2v) is 12.3. The van der Waals surface area contributed by atoms with E-state index in [9.17, 15) is 9.90 Å². The predicted molar refractivity (Wildman–Crippen MR) is 196 cm³/mol. The quantitative estimate of drug-likeness (QED) is 0.0437. The Morgan fingerprint density at radius 2 is 1.00 bits per heavy atom. The molecule has 0 aliphatic carbocycles. The van der Waals surface area contributed by atoms with Crippen LogP contribution in [0.5, 0.6) is 0 Å². The molecule has 0 rings (SSSR count). The van der Waals surface area contributed by atoms with Gasteiger partial charge in [-0.25, -0.2) is 0 Å². The maximum Gasteiger partial charge on any atom is 0.306 e. The molecule has 0 bridgehead atoms. The van der Waals surface area contributed by atoms with Gasteiger partial charge in [0.2, 0.25) is 0 Å². The minimum Gasteiger partial charge on any atom is -0.457 e. The van der Waals surface area contributed by atoms with Crippen LogP contribution >= 0.6 is 0 Å². The molecule has 0 heterocycles. The molecule has 4 heteroatoms. The van der Waals surface area contributed by atoms with E-state index >= 15 is 0 Å². The fraction of sp³-hybridized carbons (Fsp3) is 0.732. The highest BCUT2D eigenvalue weighted by Gasteiger charge is 2.13. The Morgan fingerprint density at radius 3 is 1.47 bits per heavy atom. The van der Waals surface area contributed by atoms with Crippen molar-refractivity contribution in [2.24, 2.45) is 0 Å². The number of aliphatic hydroxyl groups is 1. The molecule has 0 saturated carbocycles. The van der Waals surface area contributed by atoms with Gasteiger partial charge >= 0.3 is 5.97 Å². The predicted octanol–water partition coefficient (Wildman–Crippen LogP) is 12.1. The zero-order valence-electron chi connectivity index (χ0n) is 29.6. The third kappa shape index (κ3) is 36.4. The third-order valence-electron chi connectivity index (χ3n) is 7.86. The number of rotatable bonds is 34. The summed E-state index contributed by atoms with van der Waals surface area (Å²) in [5.74, 6) is -0.217. The fourth-order valence-corrected chi connectivity index (χ4v) is 5.06. The molecular weight excluding hydrogens is 556 g/mol. The summed E-state index contributed by atoms with van der Waals surface area (Å²) >= 11 is 0. The van der Waals surface area contributed by atoms with Gasteiger partial charge in [-0.2, -0.15) is 0 Å². The van der Waals surface area contributed by atoms with Gasteiger partial charge < -0.3 is 14.6 Å². The van der Waals surface area contributed by atoms with E-state index in [1.165, 1.54) is 83.5 Å². The molecule has 0 amide bonds. The van der Waals surface area contributed by atoms with Crippen LogP contribution in [0.4, 0.5) is 0 Å². The molecule has 260 valence electrons. The highest BCUT2D eigenvalue weighted by molar-refractivity contribution is 5.69. The van der Waals surface area contributed by atoms with Crippen LogP contribution in [0.15, 0.2) is 60.8 Å². The molecule has 45 heavy (non-hydrogen) atoms. The first-order chi connectivity index (χ1) is 22.2. The van der Waals surface area contributed by atoms with Crippen molar-refractivity contribution in [2.75, 3.05) is 19.8 Å². The van der Waals surface area contributed by atoms with E-state index < -0.39 is 6.10 Å². The van der Waals surface area contributed by atoms with Gasteiger partial charge in [0.1, 0.15) is 6.10 Å². The lowest BCUT2D eigenvalue weighted by Gasteiger charge is -2.15. The summed E-state index contributed by atoms with van der Waals surface area (Å²) < 4.78 is 11.1. The van der Waals surface area contributed by atoms with E-state index in [2.05, 4.69) is 74.6 Å². The van der Waals surface area contributed by atoms with E-state index in [0.29, 0.717) is 13.0 Å². The number of hydrogen-bond donors (Lipinski definition) is 1. The van der Waals surface area contributed by atoms with Gasteiger partial charge in [0, 0.05) is 13.0 Å². The first-order valence-electron chi connectivity index (χ1n) is 18.9. The number of carbonyl (C=O) groups is 1. The molecule has 0 aliphatic rings. The van der Waals surface area contributed by atoms with Crippen molar-refractivity contribution in [2.45, 2.75) is 174 Å². The van der Waals surface area contributed by atoms with Crippen LogP contribution in [-0.4, -0.2) is 37.0 Å². The minimum atomic E-state index is -0.556. The Hall–Kier alpha value is -1.91. The minimum absolute atomic E-state index is 0.190. The van der Waals surface area contributed by atoms with Gasteiger partial charge in [-0.3, -0.25) is 4.79 Å². The number of esters is 1. The second-order valence-electron chi connectivity index (χ2n) is 12.3. The summed E-state index contributed by atoms with van der Waals surface area (Å²) in [7, 11) is 0. The van der Waals surface area contributed by atoms with E-state index in [1.807, 2.05) is 0 Å². The smallest absolute Gasteiger partial charge is 0.306 e.